The molecule has 0 aliphatic carbocycles. The van der Waals surface area contributed by atoms with Crippen molar-refractivity contribution in [2.45, 2.75) is 31.2 Å². The van der Waals surface area contributed by atoms with Gasteiger partial charge in [0.25, 0.3) is 5.91 Å². The van der Waals surface area contributed by atoms with Crippen LogP contribution in [0.3, 0.4) is 0 Å². The molecule has 2 N–H and O–H groups in total. The summed E-state index contributed by atoms with van der Waals surface area (Å²) in [5, 5.41) is 4.86. The van der Waals surface area contributed by atoms with Crippen LogP contribution in [0.1, 0.15) is 30.6 Å². The maximum absolute atomic E-state index is 14.2. The maximum atomic E-state index is 14.2. The van der Waals surface area contributed by atoms with Gasteiger partial charge in [0.1, 0.15) is 16.3 Å². The van der Waals surface area contributed by atoms with E-state index in [2.05, 4.69) is 0 Å². The Labute approximate surface area is 121 Å². The highest BCUT2D eigenvalue weighted by Gasteiger charge is 2.34. The van der Waals surface area contributed by atoms with Crippen molar-refractivity contribution in [3.05, 3.63) is 29.3 Å². The summed E-state index contributed by atoms with van der Waals surface area (Å²) in [4.78, 5) is 12.8. The summed E-state index contributed by atoms with van der Waals surface area (Å²) >= 11 is 0. The number of carbonyl (C=O) groups excluding carboxylic acids is 1. The summed E-state index contributed by atoms with van der Waals surface area (Å²) in [6.45, 7) is 4.08. The van der Waals surface area contributed by atoms with Crippen molar-refractivity contribution < 1.29 is 22.0 Å². The van der Waals surface area contributed by atoms with Crippen molar-refractivity contribution >= 4 is 15.9 Å². The highest BCUT2D eigenvalue weighted by Crippen LogP contribution is 2.27. The lowest BCUT2D eigenvalue weighted by molar-refractivity contribution is 0.0733. The smallest absolute Gasteiger partial charge is 0.260 e. The van der Waals surface area contributed by atoms with Crippen LogP contribution in [0.25, 0.3) is 0 Å². The Balaban J connectivity index is 2.51. The normalized spacial score (nSPS) is 22.6. The van der Waals surface area contributed by atoms with Gasteiger partial charge in [-0.05, 0) is 31.4 Å². The number of hydrogen-bond acceptors (Lipinski definition) is 3. The Morgan fingerprint density at radius 1 is 1.33 bits per heavy atom. The number of benzene rings is 1. The van der Waals surface area contributed by atoms with E-state index >= 15 is 0 Å². The highest BCUT2D eigenvalue weighted by molar-refractivity contribution is 7.89. The molecule has 2 unspecified atom stereocenters. The lowest BCUT2D eigenvalue weighted by Gasteiger charge is -2.22. The Hall–Kier alpha value is -1.54. The average Bonchev–Trinajstić information content (AvgIpc) is 2.66. The summed E-state index contributed by atoms with van der Waals surface area (Å²) in [5.41, 5.74) is -0.873. The first-order valence-corrected chi connectivity index (χ1v) is 7.99. The molecule has 2 atom stereocenters. The minimum Gasteiger partial charge on any atom is -0.335 e. The summed E-state index contributed by atoms with van der Waals surface area (Å²) in [6, 6.07) is 1.29. The van der Waals surface area contributed by atoms with E-state index in [1.165, 1.54) is 4.90 Å². The second kappa shape index (κ2) is 5.34. The molecule has 5 nitrogen and oxygen atoms in total. The number of hydrogen-bond donors (Lipinski definition) is 1. The van der Waals surface area contributed by atoms with Crippen molar-refractivity contribution in [1.29, 1.82) is 0 Å². The quantitative estimate of drug-likeness (QED) is 0.897. The first-order valence-electron chi connectivity index (χ1n) is 6.44. The molecule has 0 spiro atoms. The number of nitrogens with zero attached hydrogens (tertiary/aromatic N) is 1. The lowest BCUT2D eigenvalue weighted by atomic mass is 10.1. The van der Waals surface area contributed by atoms with Gasteiger partial charge in [-0.25, -0.2) is 22.3 Å². The largest absolute Gasteiger partial charge is 0.335 e. The number of primary sulfonamides is 1. The highest BCUT2D eigenvalue weighted by atomic mass is 32.2. The second-order valence-electron chi connectivity index (χ2n) is 5.43. The Morgan fingerprint density at radius 3 is 2.43 bits per heavy atom. The topological polar surface area (TPSA) is 80.5 Å². The first-order chi connectivity index (χ1) is 9.62. The lowest BCUT2D eigenvalue weighted by Crippen LogP contribution is -2.35. The molecular formula is C13H16F2N2O3S. The molecule has 1 amide bonds. The Morgan fingerprint density at radius 2 is 1.95 bits per heavy atom. The molecule has 0 bridgehead atoms. The fourth-order valence-electron chi connectivity index (χ4n) is 2.68. The summed E-state index contributed by atoms with van der Waals surface area (Å²) in [7, 11) is -4.37. The van der Waals surface area contributed by atoms with Crippen LogP contribution < -0.4 is 5.14 Å². The molecule has 1 fully saturated rings. The van der Waals surface area contributed by atoms with Gasteiger partial charge < -0.3 is 4.90 Å². The third-order valence-corrected chi connectivity index (χ3v) is 4.55. The van der Waals surface area contributed by atoms with Crippen LogP contribution in [0.5, 0.6) is 0 Å². The van der Waals surface area contributed by atoms with Gasteiger partial charge in [0.2, 0.25) is 10.0 Å². The van der Waals surface area contributed by atoms with Crippen LogP contribution in [0.4, 0.5) is 8.78 Å². The van der Waals surface area contributed by atoms with Gasteiger partial charge in [0.05, 0.1) is 0 Å². The number of likely N-dealkylation sites (tertiary alicyclic amines) is 1. The molecule has 0 aromatic heterocycles. The minimum absolute atomic E-state index is 0.163. The molecule has 1 saturated heterocycles. The molecule has 116 valence electrons. The predicted octanol–water partition coefficient (Wildman–Crippen LogP) is 1.48. The van der Waals surface area contributed by atoms with Crippen LogP contribution in [0.2, 0.25) is 0 Å². The standard InChI is InChI=1S/C13H16F2N2O3S/c1-7-5-8(2)17(6-7)13(18)11-9(14)3-4-10(12(11)15)21(16,19)20/h3-4,7-8H,5-6H2,1-2H3,(H2,16,19,20). The van der Waals surface area contributed by atoms with Gasteiger partial charge in [-0.1, -0.05) is 6.92 Å². The van der Waals surface area contributed by atoms with Crippen molar-refractivity contribution in [2.75, 3.05) is 6.54 Å². The molecule has 2 rings (SSSR count). The fraction of sp³-hybridized carbons (Fsp3) is 0.462. The maximum Gasteiger partial charge on any atom is 0.260 e. The van der Waals surface area contributed by atoms with E-state index in [4.69, 9.17) is 5.14 Å². The zero-order valence-electron chi connectivity index (χ0n) is 11.6. The fourth-order valence-corrected chi connectivity index (χ4v) is 3.29. The van der Waals surface area contributed by atoms with Crippen molar-refractivity contribution in [2.24, 2.45) is 11.1 Å². The van der Waals surface area contributed by atoms with E-state index in [1.54, 1.807) is 6.92 Å². The summed E-state index contributed by atoms with van der Waals surface area (Å²) < 4.78 is 50.6. The van der Waals surface area contributed by atoms with E-state index < -0.39 is 38.0 Å². The average molecular weight is 318 g/mol. The van der Waals surface area contributed by atoms with Crippen molar-refractivity contribution in [1.82, 2.24) is 4.90 Å². The molecule has 8 heteroatoms. The van der Waals surface area contributed by atoms with Crippen LogP contribution in [-0.2, 0) is 10.0 Å². The van der Waals surface area contributed by atoms with E-state index in [0.29, 0.717) is 12.6 Å². The number of carbonyl (C=O) groups is 1. The monoisotopic (exact) mass is 318 g/mol. The van der Waals surface area contributed by atoms with Gasteiger partial charge in [-0.15, -0.1) is 0 Å². The zero-order valence-corrected chi connectivity index (χ0v) is 12.5. The van der Waals surface area contributed by atoms with Gasteiger partial charge in [0.15, 0.2) is 5.82 Å². The third kappa shape index (κ3) is 2.91. The SMILES string of the molecule is CC1CC(C)N(C(=O)c2c(F)ccc(S(N)(=O)=O)c2F)C1. The summed E-state index contributed by atoms with van der Waals surface area (Å²) in [5.74, 6) is -3.17. The van der Waals surface area contributed by atoms with Gasteiger partial charge >= 0.3 is 0 Å². The van der Waals surface area contributed by atoms with Gasteiger partial charge in [-0.3, -0.25) is 4.79 Å². The van der Waals surface area contributed by atoms with E-state index in [9.17, 15) is 22.0 Å². The molecule has 21 heavy (non-hydrogen) atoms. The molecule has 1 aromatic carbocycles. The first kappa shape index (κ1) is 15.8. The molecular weight excluding hydrogens is 302 g/mol. The number of sulfonamides is 1. The minimum atomic E-state index is -4.37. The molecule has 1 heterocycles. The zero-order chi connectivity index (χ0) is 15.9. The molecule has 0 radical (unpaired) electrons. The van der Waals surface area contributed by atoms with E-state index in [-0.39, 0.29) is 12.0 Å². The molecule has 1 aromatic rings. The Kier molecular flexibility index (Phi) is 4.03. The van der Waals surface area contributed by atoms with Gasteiger partial charge in [0, 0.05) is 12.6 Å². The molecule has 1 aliphatic heterocycles. The molecule has 0 saturated carbocycles. The number of rotatable bonds is 2. The van der Waals surface area contributed by atoms with E-state index in [0.717, 1.165) is 12.5 Å². The van der Waals surface area contributed by atoms with Crippen LogP contribution in [-0.4, -0.2) is 31.8 Å². The van der Waals surface area contributed by atoms with Crippen LogP contribution in [0.15, 0.2) is 17.0 Å². The van der Waals surface area contributed by atoms with E-state index in [1.807, 2.05) is 6.92 Å². The van der Waals surface area contributed by atoms with Crippen LogP contribution in [0, 0.1) is 17.6 Å². The number of nitrogens with two attached hydrogens (primary N) is 1. The van der Waals surface area contributed by atoms with Gasteiger partial charge in [-0.2, -0.15) is 0 Å². The molecule has 1 aliphatic rings. The summed E-state index contributed by atoms with van der Waals surface area (Å²) in [6.07, 6.45) is 0.726. The van der Waals surface area contributed by atoms with Crippen molar-refractivity contribution in [3.8, 4) is 0 Å². The second-order valence-corrected chi connectivity index (χ2v) is 6.96. The predicted molar refractivity (Wildman–Crippen MR) is 72.0 cm³/mol. The third-order valence-electron chi connectivity index (χ3n) is 3.62. The Bertz CT molecular complexity index is 691. The number of amides is 1. The van der Waals surface area contributed by atoms with Crippen molar-refractivity contribution in [3.63, 3.8) is 0 Å². The number of halogens is 2. The van der Waals surface area contributed by atoms with Crippen LogP contribution >= 0.6 is 0 Å².